The molecule has 4 heteroatoms. The molecule has 0 spiro atoms. The lowest BCUT2D eigenvalue weighted by Gasteiger charge is -2.22. The molecule has 0 bridgehead atoms. The Labute approximate surface area is 340 Å². The van der Waals surface area contributed by atoms with Crippen molar-refractivity contribution in [3.8, 4) is 33.9 Å². The number of benzene rings is 9. The van der Waals surface area contributed by atoms with E-state index < -0.39 is 0 Å². The third kappa shape index (κ3) is 4.38. The van der Waals surface area contributed by atoms with E-state index in [2.05, 4.69) is 205 Å². The summed E-state index contributed by atoms with van der Waals surface area (Å²) >= 11 is 0. The maximum Gasteiger partial charge on any atom is 0.165 e. The van der Waals surface area contributed by atoms with Crippen LogP contribution in [0.2, 0.25) is 0 Å². The van der Waals surface area contributed by atoms with Crippen molar-refractivity contribution in [1.82, 2.24) is 19.1 Å². The van der Waals surface area contributed by atoms with Crippen LogP contribution in [0, 0.1) is 0 Å². The molecule has 13 rings (SSSR count). The molecule has 0 atom stereocenters. The molecule has 9 aromatic carbocycles. The number of aromatic nitrogens is 4. The topological polar surface area (TPSA) is 35.6 Å². The Morgan fingerprint density at radius 1 is 0.407 bits per heavy atom. The van der Waals surface area contributed by atoms with Gasteiger partial charge in [0, 0.05) is 37.9 Å². The van der Waals surface area contributed by atoms with E-state index in [0.29, 0.717) is 0 Å². The third-order valence-corrected chi connectivity index (χ3v) is 13.1. The Bertz CT molecular complexity index is 3770. The number of para-hydroxylation sites is 4. The minimum absolute atomic E-state index is 0.145. The SMILES string of the molecule is CC1(C)c2ccccc2-c2c(-c3nc4ccccc4nc3-n3c4ccccc4c4cc5cccc(-n6c7ccccc7c7c8ccccc8ccc76)c5cc43)cccc21. The van der Waals surface area contributed by atoms with Crippen molar-refractivity contribution in [2.75, 3.05) is 0 Å². The Balaban J connectivity index is 1.15. The fourth-order valence-electron chi connectivity index (χ4n) is 10.4. The van der Waals surface area contributed by atoms with Crippen LogP contribution < -0.4 is 0 Å². The Kier molecular flexibility index (Phi) is 6.48. The average molecular weight is 753 g/mol. The fraction of sp³-hybridized carbons (Fsp3) is 0.0545. The quantitative estimate of drug-likeness (QED) is 0.180. The molecule has 12 aromatic rings. The van der Waals surface area contributed by atoms with Crippen LogP contribution in [0.4, 0.5) is 0 Å². The summed E-state index contributed by atoms with van der Waals surface area (Å²) in [6.07, 6.45) is 0. The highest BCUT2D eigenvalue weighted by Crippen LogP contribution is 2.52. The molecule has 276 valence electrons. The first-order valence-corrected chi connectivity index (χ1v) is 20.4. The van der Waals surface area contributed by atoms with E-state index in [1.54, 1.807) is 0 Å². The second-order valence-corrected chi connectivity index (χ2v) is 16.5. The third-order valence-electron chi connectivity index (χ3n) is 13.1. The lowest BCUT2D eigenvalue weighted by atomic mass is 9.82. The van der Waals surface area contributed by atoms with E-state index in [1.165, 1.54) is 76.4 Å². The summed E-state index contributed by atoms with van der Waals surface area (Å²) in [5.41, 5.74) is 14.5. The minimum atomic E-state index is -0.145. The van der Waals surface area contributed by atoms with Gasteiger partial charge in [0.1, 0.15) is 5.69 Å². The van der Waals surface area contributed by atoms with E-state index in [-0.39, 0.29) is 5.41 Å². The predicted molar refractivity (Wildman–Crippen MR) is 246 cm³/mol. The summed E-state index contributed by atoms with van der Waals surface area (Å²) in [5, 5.41) is 9.78. The molecule has 0 radical (unpaired) electrons. The van der Waals surface area contributed by atoms with Gasteiger partial charge in [-0.15, -0.1) is 0 Å². The minimum Gasteiger partial charge on any atom is -0.309 e. The highest BCUT2D eigenvalue weighted by Gasteiger charge is 2.37. The molecule has 0 N–H and O–H groups in total. The van der Waals surface area contributed by atoms with Crippen LogP contribution in [0.3, 0.4) is 0 Å². The first kappa shape index (κ1) is 32.5. The van der Waals surface area contributed by atoms with E-state index in [0.717, 1.165) is 44.8 Å². The molecule has 0 fully saturated rings. The van der Waals surface area contributed by atoms with Crippen molar-refractivity contribution in [3.63, 3.8) is 0 Å². The number of rotatable bonds is 3. The summed E-state index contributed by atoms with van der Waals surface area (Å²) in [6, 6.07) is 66.2. The molecular formula is C55H36N4. The van der Waals surface area contributed by atoms with Crippen molar-refractivity contribution in [3.05, 3.63) is 193 Å². The van der Waals surface area contributed by atoms with Gasteiger partial charge >= 0.3 is 0 Å². The molecular weight excluding hydrogens is 717 g/mol. The molecule has 1 aliphatic carbocycles. The van der Waals surface area contributed by atoms with Gasteiger partial charge in [-0.1, -0.05) is 147 Å². The van der Waals surface area contributed by atoms with Gasteiger partial charge in [0.2, 0.25) is 0 Å². The molecule has 59 heavy (non-hydrogen) atoms. The van der Waals surface area contributed by atoms with Gasteiger partial charge in [0.05, 0.1) is 38.8 Å². The van der Waals surface area contributed by atoms with E-state index >= 15 is 0 Å². The molecule has 0 saturated heterocycles. The number of nitrogens with zero attached hydrogens (tertiary/aromatic N) is 4. The first-order chi connectivity index (χ1) is 29.0. The van der Waals surface area contributed by atoms with Gasteiger partial charge in [-0.3, -0.25) is 4.57 Å². The summed E-state index contributed by atoms with van der Waals surface area (Å²) < 4.78 is 4.84. The van der Waals surface area contributed by atoms with Gasteiger partial charge in [0.15, 0.2) is 5.82 Å². The lowest BCUT2D eigenvalue weighted by molar-refractivity contribution is 0.660. The summed E-state index contributed by atoms with van der Waals surface area (Å²) in [6.45, 7) is 4.67. The summed E-state index contributed by atoms with van der Waals surface area (Å²) in [4.78, 5) is 11.1. The second-order valence-electron chi connectivity index (χ2n) is 16.5. The van der Waals surface area contributed by atoms with Crippen molar-refractivity contribution in [2.24, 2.45) is 0 Å². The van der Waals surface area contributed by atoms with Crippen LogP contribution >= 0.6 is 0 Å². The number of fused-ring (bicyclic) bond motifs is 13. The van der Waals surface area contributed by atoms with Crippen LogP contribution in [-0.4, -0.2) is 19.1 Å². The Hall–Kier alpha value is -7.56. The molecule has 0 saturated carbocycles. The molecule has 4 nitrogen and oxygen atoms in total. The molecule has 3 heterocycles. The predicted octanol–water partition coefficient (Wildman–Crippen LogP) is 14.1. The van der Waals surface area contributed by atoms with Gasteiger partial charge in [-0.2, -0.15) is 0 Å². The van der Waals surface area contributed by atoms with E-state index in [1.807, 2.05) is 0 Å². The summed E-state index contributed by atoms with van der Waals surface area (Å²) in [5.74, 6) is 0.825. The van der Waals surface area contributed by atoms with Gasteiger partial charge in [0.25, 0.3) is 0 Å². The smallest absolute Gasteiger partial charge is 0.165 e. The maximum atomic E-state index is 5.57. The zero-order chi connectivity index (χ0) is 39.0. The van der Waals surface area contributed by atoms with Crippen LogP contribution in [0.25, 0.3) is 110 Å². The highest BCUT2D eigenvalue weighted by atomic mass is 15.1. The molecule has 1 aliphatic rings. The van der Waals surface area contributed by atoms with Gasteiger partial charge in [-0.05, 0) is 86.9 Å². The normalized spacial score (nSPS) is 13.4. The largest absolute Gasteiger partial charge is 0.309 e. The Morgan fingerprint density at radius 3 is 1.92 bits per heavy atom. The van der Waals surface area contributed by atoms with Crippen LogP contribution in [-0.2, 0) is 5.41 Å². The van der Waals surface area contributed by atoms with Crippen LogP contribution in [0.15, 0.2) is 182 Å². The van der Waals surface area contributed by atoms with Gasteiger partial charge in [-0.25, -0.2) is 9.97 Å². The maximum absolute atomic E-state index is 5.57. The van der Waals surface area contributed by atoms with Crippen molar-refractivity contribution in [2.45, 2.75) is 19.3 Å². The zero-order valence-corrected chi connectivity index (χ0v) is 32.6. The molecule has 3 aromatic heterocycles. The standard InChI is InChI=1S/C55H36N4/c1-55(2)42-22-8-5-19-37(42)51-39(21-14-23-43(51)55)53-54(57-45-25-10-9-24-44(45)56-53)59-46-26-11-6-18-36(46)41-31-34-16-13-28-48(40(34)32-50(41)59)58-47-27-12-7-20-38(47)52-35-17-4-3-15-33(35)29-30-49(52)58/h3-32H,1-2H3. The highest BCUT2D eigenvalue weighted by molar-refractivity contribution is 6.22. The number of hydrogen-bond donors (Lipinski definition) is 0. The van der Waals surface area contributed by atoms with E-state index in [4.69, 9.17) is 9.97 Å². The zero-order valence-electron chi connectivity index (χ0n) is 32.6. The fourth-order valence-corrected chi connectivity index (χ4v) is 10.4. The van der Waals surface area contributed by atoms with Crippen LogP contribution in [0.1, 0.15) is 25.0 Å². The second kappa shape index (κ2) is 11.7. The van der Waals surface area contributed by atoms with Crippen molar-refractivity contribution in [1.29, 1.82) is 0 Å². The van der Waals surface area contributed by atoms with Gasteiger partial charge < -0.3 is 4.57 Å². The lowest BCUT2D eigenvalue weighted by Crippen LogP contribution is -2.14. The number of hydrogen-bond acceptors (Lipinski definition) is 2. The van der Waals surface area contributed by atoms with Crippen molar-refractivity contribution < 1.29 is 0 Å². The summed E-state index contributed by atoms with van der Waals surface area (Å²) in [7, 11) is 0. The monoisotopic (exact) mass is 752 g/mol. The molecule has 0 aliphatic heterocycles. The first-order valence-electron chi connectivity index (χ1n) is 20.4. The van der Waals surface area contributed by atoms with E-state index in [9.17, 15) is 0 Å². The van der Waals surface area contributed by atoms with Crippen LogP contribution in [0.5, 0.6) is 0 Å². The molecule has 0 unspecified atom stereocenters. The van der Waals surface area contributed by atoms with Crippen molar-refractivity contribution >= 4 is 76.2 Å². The molecule has 0 amide bonds. The average Bonchev–Trinajstić information content (AvgIpc) is 3.88. The Morgan fingerprint density at radius 2 is 1.05 bits per heavy atom.